The van der Waals surface area contributed by atoms with E-state index in [0.29, 0.717) is 17.2 Å². The fraction of sp³-hybridized carbons (Fsp3) is 0.273. The van der Waals surface area contributed by atoms with Gasteiger partial charge in [0.25, 0.3) is 0 Å². The minimum Gasteiger partial charge on any atom is -0.452 e. The number of benzene rings is 2. The zero-order chi connectivity index (χ0) is 19.1. The second-order valence-corrected chi connectivity index (χ2v) is 6.22. The van der Waals surface area contributed by atoms with Crippen molar-refractivity contribution in [1.29, 1.82) is 0 Å². The summed E-state index contributed by atoms with van der Waals surface area (Å²) in [5.74, 6) is 0.645. The molecule has 0 radical (unpaired) electrons. The fourth-order valence-corrected chi connectivity index (χ4v) is 2.78. The lowest BCUT2D eigenvalue weighted by molar-refractivity contribution is 0.0439. The molecule has 3 aromatic rings. The molecule has 0 aliphatic rings. The lowest BCUT2D eigenvalue weighted by Crippen LogP contribution is -2.22. The molecule has 0 N–H and O–H groups in total. The van der Waals surface area contributed by atoms with E-state index in [1.54, 1.807) is 18.3 Å². The first-order valence-electron chi connectivity index (χ1n) is 9.18. The third-order valence-corrected chi connectivity index (χ3v) is 4.43. The number of oxazole rings is 1. The van der Waals surface area contributed by atoms with Crippen molar-refractivity contribution in [2.24, 2.45) is 0 Å². The molecule has 5 heteroatoms. The van der Waals surface area contributed by atoms with Crippen LogP contribution < -0.4 is 0 Å². The standard InChI is InChI=1S/C22H24N2O3/c1-3-24(4-2)15-17-10-12-19(13-11-17)22(25)26-16-21-23-14-20(27-21)18-8-6-5-7-9-18/h5-14H,3-4,15-16H2,1-2H3. The summed E-state index contributed by atoms with van der Waals surface area (Å²) < 4.78 is 11.0. The minimum atomic E-state index is -0.385. The number of rotatable bonds is 8. The van der Waals surface area contributed by atoms with Crippen LogP contribution in [0.5, 0.6) is 0 Å². The molecule has 0 amide bonds. The van der Waals surface area contributed by atoms with Crippen molar-refractivity contribution in [2.45, 2.75) is 27.0 Å². The summed E-state index contributed by atoms with van der Waals surface area (Å²) in [5.41, 5.74) is 2.63. The molecule has 0 bridgehead atoms. The maximum Gasteiger partial charge on any atom is 0.338 e. The van der Waals surface area contributed by atoms with Crippen molar-refractivity contribution < 1.29 is 13.9 Å². The quantitative estimate of drug-likeness (QED) is 0.549. The normalized spacial score (nSPS) is 10.9. The Labute approximate surface area is 159 Å². The third kappa shape index (κ3) is 5.05. The Morgan fingerprint density at radius 1 is 1.04 bits per heavy atom. The van der Waals surface area contributed by atoms with Gasteiger partial charge in [0, 0.05) is 12.1 Å². The first kappa shape index (κ1) is 18.9. The molecule has 5 nitrogen and oxygen atoms in total. The lowest BCUT2D eigenvalue weighted by atomic mass is 10.1. The maximum atomic E-state index is 12.2. The van der Waals surface area contributed by atoms with E-state index in [1.807, 2.05) is 42.5 Å². The molecule has 27 heavy (non-hydrogen) atoms. The van der Waals surface area contributed by atoms with E-state index >= 15 is 0 Å². The number of esters is 1. The average molecular weight is 364 g/mol. The van der Waals surface area contributed by atoms with Gasteiger partial charge in [0.1, 0.15) is 0 Å². The molecule has 0 fully saturated rings. The van der Waals surface area contributed by atoms with Crippen LogP contribution in [-0.2, 0) is 17.9 Å². The Hall–Kier alpha value is -2.92. The van der Waals surface area contributed by atoms with Gasteiger partial charge in [-0.3, -0.25) is 4.90 Å². The third-order valence-electron chi connectivity index (χ3n) is 4.43. The summed E-state index contributed by atoms with van der Waals surface area (Å²) in [6, 6.07) is 17.2. The van der Waals surface area contributed by atoms with Gasteiger partial charge in [-0.05, 0) is 30.8 Å². The second kappa shape index (κ2) is 9.14. The Balaban J connectivity index is 1.56. The van der Waals surface area contributed by atoms with Gasteiger partial charge in [0.05, 0.1) is 11.8 Å². The molecule has 2 aromatic carbocycles. The van der Waals surface area contributed by atoms with Crippen LogP contribution in [0.15, 0.2) is 65.2 Å². The maximum absolute atomic E-state index is 12.2. The summed E-state index contributed by atoms with van der Waals surface area (Å²) in [6.45, 7) is 7.17. The van der Waals surface area contributed by atoms with Gasteiger partial charge in [-0.1, -0.05) is 56.3 Å². The van der Waals surface area contributed by atoms with E-state index in [-0.39, 0.29) is 12.6 Å². The van der Waals surface area contributed by atoms with Crippen molar-refractivity contribution in [3.63, 3.8) is 0 Å². The van der Waals surface area contributed by atoms with Gasteiger partial charge in [0.2, 0.25) is 5.89 Å². The highest BCUT2D eigenvalue weighted by Gasteiger charge is 2.11. The van der Waals surface area contributed by atoms with Crippen LogP contribution >= 0.6 is 0 Å². The van der Waals surface area contributed by atoms with Crippen molar-refractivity contribution in [3.8, 4) is 11.3 Å². The lowest BCUT2D eigenvalue weighted by Gasteiger charge is -2.17. The molecule has 0 atom stereocenters. The molecule has 0 spiro atoms. The van der Waals surface area contributed by atoms with Crippen molar-refractivity contribution >= 4 is 5.97 Å². The van der Waals surface area contributed by atoms with Crippen molar-refractivity contribution in [2.75, 3.05) is 13.1 Å². The van der Waals surface area contributed by atoms with Gasteiger partial charge in [-0.15, -0.1) is 0 Å². The second-order valence-electron chi connectivity index (χ2n) is 6.22. The average Bonchev–Trinajstić information content (AvgIpc) is 3.20. The predicted molar refractivity (Wildman–Crippen MR) is 104 cm³/mol. The predicted octanol–water partition coefficient (Wildman–Crippen LogP) is 4.54. The van der Waals surface area contributed by atoms with Crippen LogP contribution in [0.2, 0.25) is 0 Å². The Kier molecular flexibility index (Phi) is 6.39. The zero-order valence-electron chi connectivity index (χ0n) is 15.7. The van der Waals surface area contributed by atoms with Crippen LogP contribution in [0.25, 0.3) is 11.3 Å². The molecular weight excluding hydrogens is 340 g/mol. The number of carbonyl (C=O) groups excluding carboxylic acids is 1. The molecular formula is C22H24N2O3. The SMILES string of the molecule is CCN(CC)Cc1ccc(C(=O)OCc2ncc(-c3ccccc3)o2)cc1. The van der Waals surface area contributed by atoms with Gasteiger partial charge in [0.15, 0.2) is 12.4 Å². The van der Waals surface area contributed by atoms with Crippen LogP contribution in [0.1, 0.15) is 35.7 Å². The van der Waals surface area contributed by atoms with E-state index in [1.165, 1.54) is 5.56 Å². The minimum absolute atomic E-state index is 0.00681. The number of aromatic nitrogens is 1. The van der Waals surface area contributed by atoms with E-state index in [9.17, 15) is 4.79 Å². The molecule has 3 rings (SSSR count). The summed E-state index contributed by atoms with van der Waals surface area (Å²) in [4.78, 5) is 18.7. The smallest absolute Gasteiger partial charge is 0.338 e. The zero-order valence-corrected chi connectivity index (χ0v) is 15.7. The van der Waals surface area contributed by atoms with Crippen LogP contribution in [0.3, 0.4) is 0 Å². The molecule has 0 unspecified atom stereocenters. The fourth-order valence-electron chi connectivity index (χ4n) is 2.78. The molecule has 0 saturated carbocycles. The molecule has 140 valence electrons. The van der Waals surface area contributed by atoms with E-state index in [2.05, 4.69) is 23.7 Å². The first-order valence-corrected chi connectivity index (χ1v) is 9.18. The van der Waals surface area contributed by atoms with Crippen LogP contribution in [-0.4, -0.2) is 28.9 Å². The number of hydrogen-bond acceptors (Lipinski definition) is 5. The highest BCUT2D eigenvalue weighted by molar-refractivity contribution is 5.89. The Morgan fingerprint density at radius 3 is 2.41 bits per heavy atom. The first-order chi connectivity index (χ1) is 13.2. The number of ether oxygens (including phenoxy) is 1. The van der Waals surface area contributed by atoms with Crippen molar-refractivity contribution in [3.05, 3.63) is 77.8 Å². The highest BCUT2D eigenvalue weighted by atomic mass is 16.5. The molecule has 1 aromatic heterocycles. The number of hydrogen-bond donors (Lipinski definition) is 0. The monoisotopic (exact) mass is 364 g/mol. The highest BCUT2D eigenvalue weighted by Crippen LogP contribution is 2.20. The molecule has 0 aliphatic carbocycles. The molecule has 1 heterocycles. The van der Waals surface area contributed by atoms with E-state index < -0.39 is 0 Å². The summed E-state index contributed by atoms with van der Waals surface area (Å²) in [7, 11) is 0. The molecule has 0 saturated heterocycles. The van der Waals surface area contributed by atoms with E-state index in [0.717, 1.165) is 25.2 Å². The van der Waals surface area contributed by atoms with E-state index in [4.69, 9.17) is 9.15 Å². The van der Waals surface area contributed by atoms with Crippen LogP contribution in [0.4, 0.5) is 0 Å². The number of nitrogens with zero attached hydrogens (tertiary/aromatic N) is 2. The van der Waals surface area contributed by atoms with Gasteiger partial charge in [-0.2, -0.15) is 0 Å². The summed E-state index contributed by atoms with van der Waals surface area (Å²) in [5, 5.41) is 0. The largest absolute Gasteiger partial charge is 0.452 e. The van der Waals surface area contributed by atoms with Crippen molar-refractivity contribution in [1.82, 2.24) is 9.88 Å². The molecule has 0 aliphatic heterocycles. The van der Waals surface area contributed by atoms with Gasteiger partial charge in [-0.25, -0.2) is 9.78 Å². The van der Waals surface area contributed by atoms with Gasteiger partial charge >= 0.3 is 5.97 Å². The Morgan fingerprint density at radius 2 is 1.74 bits per heavy atom. The summed E-state index contributed by atoms with van der Waals surface area (Å²) in [6.07, 6.45) is 1.64. The van der Waals surface area contributed by atoms with Crippen LogP contribution in [0, 0.1) is 0 Å². The topological polar surface area (TPSA) is 55.6 Å². The Bertz CT molecular complexity index is 853. The summed E-state index contributed by atoms with van der Waals surface area (Å²) >= 11 is 0. The van der Waals surface area contributed by atoms with Gasteiger partial charge < -0.3 is 9.15 Å². The number of carbonyl (C=O) groups is 1.